The lowest BCUT2D eigenvalue weighted by molar-refractivity contribution is 0.103. The van der Waals surface area contributed by atoms with Crippen LogP contribution in [0.5, 0.6) is 0 Å². The minimum atomic E-state index is 0.389. The van der Waals surface area contributed by atoms with Crippen molar-refractivity contribution in [2.45, 2.75) is 46.1 Å². The van der Waals surface area contributed by atoms with Crippen molar-refractivity contribution in [3.05, 3.63) is 0 Å². The number of hydrogen-bond donors (Lipinski definition) is 0. The maximum atomic E-state index is 2.66. The Morgan fingerprint density at radius 3 is 2.25 bits per heavy atom. The molecule has 1 heteroatoms. The van der Waals surface area contributed by atoms with Gasteiger partial charge in [-0.25, -0.2) is 0 Å². The van der Waals surface area contributed by atoms with Gasteiger partial charge in [0.05, 0.1) is 0 Å². The molecule has 12 heavy (non-hydrogen) atoms. The fraction of sp³-hybridized carbons (Fsp3) is 1.00. The number of rotatable bonds is 0. The minimum Gasteiger partial charge on any atom is -0.298 e. The SMILES string of the molecule is CC12CC[C@H]1CN(C(C)(C)C)C2. The van der Waals surface area contributed by atoms with Gasteiger partial charge in [0, 0.05) is 18.6 Å². The van der Waals surface area contributed by atoms with Crippen LogP contribution in [0.25, 0.3) is 0 Å². The van der Waals surface area contributed by atoms with Crippen LogP contribution in [0.3, 0.4) is 0 Å². The molecular weight excluding hydrogens is 146 g/mol. The van der Waals surface area contributed by atoms with Gasteiger partial charge >= 0.3 is 0 Å². The highest BCUT2D eigenvalue weighted by molar-refractivity contribution is 5.03. The van der Waals surface area contributed by atoms with Gasteiger partial charge < -0.3 is 0 Å². The second-order valence-electron chi connectivity index (χ2n) is 5.94. The molecule has 2 aliphatic rings. The van der Waals surface area contributed by atoms with E-state index in [1.54, 1.807) is 0 Å². The maximum Gasteiger partial charge on any atom is 0.0125 e. The van der Waals surface area contributed by atoms with Crippen molar-refractivity contribution in [1.82, 2.24) is 4.90 Å². The highest BCUT2D eigenvalue weighted by atomic mass is 15.2. The lowest BCUT2D eigenvalue weighted by Crippen LogP contribution is -2.40. The zero-order chi connectivity index (χ0) is 8.98. The summed E-state index contributed by atoms with van der Waals surface area (Å²) in [5, 5.41) is 0. The molecule has 1 heterocycles. The van der Waals surface area contributed by atoms with Crippen molar-refractivity contribution >= 4 is 0 Å². The highest BCUT2D eigenvalue weighted by Crippen LogP contribution is 2.52. The molecule has 0 spiro atoms. The topological polar surface area (TPSA) is 3.24 Å². The van der Waals surface area contributed by atoms with Crippen LogP contribution in [0.2, 0.25) is 0 Å². The van der Waals surface area contributed by atoms with Gasteiger partial charge in [-0.2, -0.15) is 0 Å². The average molecular weight is 167 g/mol. The van der Waals surface area contributed by atoms with Gasteiger partial charge in [-0.1, -0.05) is 6.92 Å². The zero-order valence-electron chi connectivity index (χ0n) is 8.85. The summed E-state index contributed by atoms with van der Waals surface area (Å²) < 4.78 is 0. The van der Waals surface area contributed by atoms with E-state index >= 15 is 0 Å². The first kappa shape index (κ1) is 8.55. The number of likely N-dealkylation sites (tertiary alicyclic amines) is 1. The molecule has 1 aliphatic heterocycles. The Balaban J connectivity index is 2.07. The van der Waals surface area contributed by atoms with E-state index in [0.29, 0.717) is 11.0 Å². The number of hydrogen-bond acceptors (Lipinski definition) is 1. The minimum absolute atomic E-state index is 0.389. The Kier molecular flexibility index (Phi) is 1.61. The normalized spacial score (nSPS) is 42.5. The van der Waals surface area contributed by atoms with Gasteiger partial charge in [0.15, 0.2) is 0 Å². The van der Waals surface area contributed by atoms with Crippen molar-refractivity contribution < 1.29 is 0 Å². The molecule has 1 aliphatic carbocycles. The highest BCUT2D eigenvalue weighted by Gasteiger charge is 2.51. The van der Waals surface area contributed by atoms with Crippen LogP contribution in [0.4, 0.5) is 0 Å². The van der Waals surface area contributed by atoms with Crippen molar-refractivity contribution in [3.63, 3.8) is 0 Å². The summed E-state index contributed by atoms with van der Waals surface area (Å²) in [6.45, 7) is 12.2. The molecule has 0 radical (unpaired) electrons. The molecule has 1 nitrogen and oxygen atoms in total. The van der Waals surface area contributed by atoms with Crippen molar-refractivity contribution in [1.29, 1.82) is 0 Å². The van der Waals surface area contributed by atoms with E-state index in [1.807, 2.05) is 0 Å². The Bertz CT molecular complexity index is 192. The molecule has 0 N–H and O–H groups in total. The smallest absolute Gasteiger partial charge is 0.0125 e. The monoisotopic (exact) mass is 167 g/mol. The van der Waals surface area contributed by atoms with E-state index in [-0.39, 0.29) is 0 Å². The van der Waals surface area contributed by atoms with Gasteiger partial charge in [0.2, 0.25) is 0 Å². The van der Waals surface area contributed by atoms with E-state index in [9.17, 15) is 0 Å². The molecule has 1 saturated carbocycles. The van der Waals surface area contributed by atoms with Crippen LogP contribution in [0, 0.1) is 11.3 Å². The van der Waals surface area contributed by atoms with Crippen LogP contribution in [0.1, 0.15) is 40.5 Å². The summed E-state index contributed by atoms with van der Waals surface area (Å²) >= 11 is 0. The van der Waals surface area contributed by atoms with Crippen LogP contribution >= 0.6 is 0 Å². The third kappa shape index (κ3) is 1.10. The molecule has 2 rings (SSSR count). The number of nitrogens with zero attached hydrogens (tertiary/aromatic N) is 1. The summed E-state index contributed by atoms with van der Waals surface area (Å²) in [4.78, 5) is 2.66. The van der Waals surface area contributed by atoms with Crippen molar-refractivity contribution in [2.75, 3.05) is 13.1 Å². The summed E-state index contributed by atoms with van der Waals surface area (Å²) in [6, 6.07) is 0. The zero-order valence-corrected chi connectivity index (χ0v) is 8.85. The van der Waals surface area contributed by atoms with Crippen LogP contribution in [-0.4, -0.2) is 23.5 Å². The van der Waals surface area contributed by atoms with E-state index in [0.717, 1.165) is 5.92 Å². The van der Waals surface area contributed by atoms with Gasteiger partial charge in [0.25, 0.3) is 0 Å². The fourth-order valence-electron chi connectivity index (χ4n) is 2.64. The van der Waals surface area contributed by atoms with Gasteiger partial charge in [-0.3, -0.25) is 4.90 Å². The third-order valence-corrected chi connectivity index (χ3v) is 3.99. The first-order valence-electron chi connectivity index (χ1n) is 5.17. The van der Waals surface area contributed by atoms with E-state index in [1.165, 1.54) is 25.9 Å². The molecule has 0 bridgehead atoms. The summed E-state index contributed by atoms with van der Waals surface area (Å²) in [5.74, 6) is 1.01. The Morgan fingerprint density at radius 1 is 1.33 bits per heavy atom. The molecule has 0 aromatic heterocycles. The van der Waals surface area contributed by atoms with Gasteiger partial charge in [0.1, 0.15) is 0 Å². The van der Waals surface area contributed by atoms with Crippen molar-refractivity contribution in [2.24, 2.45) is 11.3 Å². The standard InChI is InChI=1S/C11H21N/c1-10(2,3)12-7-9-5-6-11(9,4)8-12/h9H,5-8H2,1-4H3/t9-,11?/m0/s1. The predicted molar refractivity (Wildman–Crippen MR) is 52.2 cm³/mol. The van der Waals surface area contributed by atoms with Gasteiger partial charge in [-0.15, -0.1) is 0 Å². The molecular formula is C11H21N. The van der Waals surface area contributed by atoms with Crippen LogP contribution in [-0.2, 0) is 0 Å². The molecule has 1 saturated heterocycles. The predicted octanol–water partition coefficient (Wildman–Crippen LogP) is 2.52. The summed E-state index contributed by atoms with van der Waals surface area (Å²) in [6.07, 6.45) is 2.94. The fourth-order valence-corrected chi connectivity index (χ4v) is 2.64. The van der Waals surface area contributed by atoms with E-state index < -0.39 is 0 Å². The quantitative estimate of drug-likeness (QED) is 0.536. The van der Waals surface area contributed by atoms with Crippen molar-refractivity contribution in [3.8, 4) is 0 Å². The second kappa shape index (κ2) is 2.25. The van der Waals surface area contributed by atoms with Crippen LogP contribution in [0.15, 0.2) is 0 Å². The molecule has 0 aromatic carbocycles. The van der Waals surface area contributed by atoms with Crippen LogP contribution < -0.4 is 0 Å². The molecule has 2 fully saturated rings. The molecule has 0 amide bonds. The van der Waals surface area contributed by atoms with E-state index in [4.69, 9.17) is 0 Å². The summed E-state index contributed by atoms with van der Waals surface area (Å²) in [7, 11) is 0. The second-order valence-corrected chi connectivity index (χ2v) is 5.94. The lowest BCUT2D eigenvalue weighted by Gasteiger charge is -2.41. The largest absolute Gasteiger partial charge is 0.298 e. The van der Waals surface area contributed by atoms with E-state index in [2.05, 4.69) is 32.6 Å². The molecule has 1 unspecified atom stereocenters. The average Bonchev–Trinajstić information content (AvgIpc) is 2.11. The molecule has 0 aromatic rings. The maximum absolute atomic E-state index is 2.66. The Morgan fingerprint density at radius 2 is 2.00 bits per heavy atom. The lowest BCUT2D eigenvalue weighted by atomic mass is 9.64. The Labute approximate surface area is 76.1 Å². The first-order valence-corrected chi connectivity index (χ1v) is 5.17. The Hall–Kier alpha value is -0.0400. The third-order valence-electron chi connectivity index (χ3n) is 3.99. The molecule has 70 valence electrons. The summed E-state index contributed by atoms with van der Waals surface area (Å²) in [5.41, 5.74) is 1.08. The number of fused-ring (bicyclic) bond motifs is 1. The van der Waals surface area contributed by atoms with Gasteiger partial charge in [-0.05, 0) is 44.9 Å². The molecule has 2 atom stereocenters. The first-order chi connectivity index (χ1) is 5.42.